The molecule has 0 unspecified atom stereocenters. The van der Waals surface area contributed by atoms with Gasteiger partial charge in [0.05, 0.1) is 7.11 Å². The first-order valence-corrected chi connectivity index (χ1v) is 7.65. The second-order valence-corrected chi connectivity index (χ2v) is 5.58. The van der Waals surface area contributed by atoms with Crippen LogP contribution in [0.1, 0.15) is 12.8 Å². The van der Waals surface area contributed by atoms with Gasteiger partial charge in [-0.3, -0.25) is 0 Å². The van der Waals surface area contributed by atoms with E-state index < -0.39 is 4.92 Å². The Kier molecular flexibility index (Phi) is 4.41. The molecule has 0 radical (unpaired) electrons. The van der Waals surface area contributed by atoms with Crippen LogP contribution in [0.3, 0.4) is 0 Å². The number of hydrogen-bond acceptors (Lipinski definition) is 6. The Morgan fingerprint density at radius 1 is 1.25 bits per heavy atom. The number of methoxy groups -OCH3 is 1. The maximum Gasteiger partial charge on any atom is 0.363 e. The zero-order valence-electron chi connectivity index (χ0n) is 13.2. The number of anilines is 1. The van der Waals surface area contributed by atoms with Crippen molar-refractivity contribution in [3.63, 3.8) is 0 Å². The molecular weight excluding hydrogens is 310 g/mol. The van der Waals surface area contributed by atoms with Crippen LogP contribution in [0, 0.1) is 10.1 Å². The molecule has 1 saturated heterocycles. The van der Waals surface area contributed by atoms with Crippen molar-refractivity contribution in [1.29, 1.82) is 0 Å². The number of carbonyl (C=O) groups excluding carboxylic acids is 1. The maximum absolute atomic E-state index is 11.8. The van der Waals surface area contributed by atoms with Gasteiger partial charge in [0.1, 0.15) is 12.2 Å². The number of nitrogens with zero attached hydrogens (tertiary/aromatic N) is 3. The van der Waals surface area contributed by atoms with E-state index in [1.165, 1.54) is 19.4 Å². The number of esters is 1. The Hall–Kier alpha value is -2.96. The lowest BCUT2D eigenvalue weighted by atomic mass is 10.1. The van der Waals surface area contributed by atoms with Crippen LogP contribution >= 0.6 is 0 Å². The minimum Gasteiger partial charge on any atom is -0.467 e. The van der Waals surface area contributed by atoms with Crippen molar-refractivity contribution in [2.24, 2.45) is 0 Å². The largest absolute Gasteiger partial charge is 0.467 e. The van der Waals surface area contributed by atoms with E-state index in [-0.39, 0.29) is 17.8 Å². The van der Waals surface area contributed by atoms with Crippen molar-refractivity contribution in [3.8, 4) is 11.1 Å². The van der Waals surface area contributed by atoms with Crippen molar-refractivity contribution in [2.45, 2.75) is 18.9 Å². The van der Waals surface area contributed by atoms with Crippen molar-refractivity contribution in [1.82, 2.24) is 4.98 Å². The lowest BCUT2D eigenvalue weighted by molar-refractivity contribution is -0.389. The summed E-state index contributed by atoms with van der Waals surface area (Å²) in [4.78, 5) is 27.9. The van der Waals surface area contributed by atoms with E-state index in [1.807, 2.05) is 29.2 Å². The number of hydrogen-bond donors (Lipinski definition) is 0. The fourth-order valence-electron chi connectivity index (χ4n) is 2.97. The van der Waals surface area contributed by atoms with Crippen LogP contribution in [0.5, 0.6) is 0 Å². The highest BCUT2D eigenvalue weighted by Crippen LogP contribution is 2.29. The van der Waals surface area contributed by atoms with Crippen LogP contribution < -0.4 is 4.90 Å². The summed E-state index contributed by atoms with van der Waals surface area (Å²) in [6.07, 6.45) is 3.23. The molecule has 2 aromatic rings. The third-order valence-corrected chi connectivity index (χ3v) is 4.19. The van der Waals surface area contributed by atoms with Crippen LogP contribution in [0.2, 0.25) is 0 Å². The van der Waals surface area contributed by atoms with Gasteiger partial charge in [-0.15, -0.1) is 0 Å². The molecule has 1 atom stereocenters. The first-order chi connectivity index (χ1) is 11.6. The first-order valence-electron chi connectivity index (χ1n) is 7.65. The second kappa shape index (κ2) is 6.66. The molecule has 24 heavy (non-hydrogen) atoms. The van der Waals surface area contributed by atoms with E-state index in [0.29, 0.717) is 0 Å². The molecule has 0 spiro atoms. The number of carbonyl (C=O) groups is 1. The summed E-state index contributed by atoms with van der Waals surface area (Å²) in [7, 11) is 1.41. The standard InChI is InChI=1S/C17H17N3O4/c1-24-17(21)15-3-2-10-19(15)14-7-4-12(5-8-14)13-6-9-16(18-11-13)20(22)23/h4-9,11,15H,2-3,10H2,1H3/t15-/m0/s1. The fraction of sp³-hybridized carbons (Fsp3) is 0.294. The molecule has 0 bridgehead atoms. The van der Waals surface area contributed by atoms with Gasteiger partial charge in [0.25, 0.3) is 0 Å². The highest BCUT2D eigenvalue weighted by molar-refractivity contribution is 5.81. The molecular formula is C17H17N3O4. The normalized spacial score (nSPS) is 16.9. The first kappa shape index (κ1) is 15.9. The average molecular weight is 327 g/mol. The zero-order valence-corrected chi connectivity index (χ0v) is 13.2. The molecule has 0 saturated carbocycles. The van der Waals surface area contributed by atoms with Crippen molar-refractivity contribution in [3.05, 3.63) is 52.7 Å². The van der Waals surface area contributed by atoms with Gasteiger partial charge in [-0.25, -0.2) is 4.79 Å². The SMILES string of the molecule is COC(=O)[C@@H]1CCCN1c1ccc(-c2ccc([N+](=O)[O-])nc2)cc1. The molecule has 1 aromatic carbocycles. The Morgan fingerprint density at radius 3 is 2.54 bits per heavy atom. The predicted octanol–water partition coefficient (Wildman–Crippen LogP) is 2.80. The van der Waals surface area contributed by atoms with Crippen LogP contribution in [-0.4, -0.2) is 35.6 Å². The molecule has 1 aromatic heterocycles. The van der Waals surface area contributed by atoms with Gasteiger partial charge in [-0.05, 0) is 46.5 Å². The Bertz CT molecular complexity index is 743. The molecule has 124 valence electrons. The zero-order chi connectivity index (χ0) is 17.1. The van der Waals surface area contributed by atoms with Crippen LogP contribution in [-0.2, 0) is 9.53 Å². The van der Waals surface area contributed by atoms with Crippen LogP contribution in [0.4, 0.5) is 11.5 Å². The van der Waals surface area contributed by atoms with Gasteiger partial charge in [0, 0.05) is 23.9 Å². The summed E-state index contributed by atoms with van der Waals surface area (Å²) < 4.78 is 4.87. The number of rotatable bonds is 4. The van der Waals surface area contributed by atoms with E-state index >= 15 is 0 Å². The van der Waals surface area contributed by atoms with E-state index in [9.17, 15) is 14.9 Å². The lowest BCUT2D eigenvalue weighted by Gasteiger charge is -2.24. The highest BCUT2D eigenvalue weighted by Gasteiger charge is 2.31. The summed E-state index contributed by atoms with van der Waals surface area (Å²) in [5.74, 6) is -0.385. The van der Waals surface area contributed by atoms with E-state index in [0.717, 1.165) is 36.2 Å². The summed E-state index contributed by atoms with van der Waals surface area (Å²) in [5, 5.41) is 10.7. The average Bonchev–Trinajstić information content (AvgIpc) is 3.11. The van der Waals surface area contributed by atoms with Gasteiger partial charge in [-0.2, -0.15) is 0 Å². The van der Waals surface area contributed by atoms with Gasteiger partial charge in [-0.1, -0.05) is 12.1 Å². The van der Waals surface area contributed by atoms with Crippen LogP contribution in [0.15, 0.2) is 42.6 Å². The third-order valence-electron chi connectivity index (χ3n) is 4.19. The van der Waals surface area contributed by atoms with Gasteiger partial charge in [0.2, 0.25) is 0 Å². The van der Waals surface area contributed by atoms with Gasteiger partial charge >= 0.3 is 11.8 Å². The van der Waals surface area contributed by atoms with Gasteiger partial charge in [0.15, 0.2) is 0 Å². The fourth-order valence-corrected chi connectivity index (χ4v) is 2.97. The highest BCUT2D eigenvalue weighted by atomic mass is 16.6. The molecule has 2 heterocycles. The van der Waals surface area contributed by atoms with E-state index in [1.54, 1.807) is 6.07 Å². The topological polar surface area (TPSA) is 85.6 Å². The van der Waals surface area contributed by atoms with Crippen molar-refractivity contribution >= 4 is 17.5 Å². The molecule has 7 heteroatoms. The Morgan fingerprint density at radius 2 is 1.96 bits per heavy atom. The molecule has 7 nitrogen and oxygen atoms in total. The maximum atomic E-state index is 11.8. The molecule has 0 amide bonds. The molecule has 3 rings (SSSR count). The van der Waals surface area contributed by atoms with Crippen molar-refractivity contribution in [2.75, 3.05) is 18.6 Å². The number of nitro groups is 1. The number of ether oxygens (including phenoxy) is 1. The quantitative estimate of drug-likeness (QED) is 0.487. The predicted molar refractivity (Wildman–Crippen MR) is 88.7 cm³/mol. The third kappa shape index (κ3) is 3.05. The lowest BCUT2D eigenvalue weighted by Crippen LogP contribution is -2.36. The molecule has 0 N–H and O–H groups in total. The van der Waals surface area contributed by atoms with E-state index in [2.05, 4.69) is 4.98 Å². The number of benzene rings is 1. The Labute approximate surface area is 139 Å². The summed E-state index contributed by atoms with van der Waals surface area (Å²) >= 11 is 0. The summed E-state index contributed by atoms with van der Waals surface area (Å²) in [6.45, 7) is 0.818. The number of pyridine rings is 1. The minimum atomic E-state index is -0.521. The van der Waals surface area contributed by atoms with Gasteiger partial charge < -0.3 is 19.8 Å². The van der Waals surface area contributed by atoms with Crippen molar-refractivity contribution < 1.29 is 14.5 Å². The Balaban J connectivity index is 1.80. The minimum absolute atomic E-state index is 0.173. The molecule has 0 aliphatic carbocycles. The molecule has 1 aliphatic rings. The second-order valence-electron chi connectivity index (χ2n) is 5.58. The van der Waals surface area contributed by atoms with Crippen LogP contribution in [0.25, 0.3) is 11.1 Å². The molecule has 1 fully saturated rings. The monoisotopic (exact) mass is 327 g/mol. The molecule has 1 aliphatic heterocycles. The van der Waals surface area contributed by atoms with E-state index in [4.69, 9.17) is 4.74 Å². The summed E-state index contributed by atoms with van der Waals surface area (Å²) in [6, 6.07) is 10.6. The summed E-state index contributed by atoms with van der Waals surface area (Å²) in [5.41, 5.74) is 2.68. The number of aromatic nitrogens is 1. The smallest absolute Gasteiger partial charge is 0.363 e.